The summed E-state index contributed by atoms with van der Waals surface area (Å²) in [5, 5.41) is 4.30. The van der Waals surface area contributed by atoms with Gasteiger partial charge in [-0.05, 0) is 19.9 Å². The second-order valence-electron chi connectivity index (χ2n) is 4.33. The molecule has 7 heteroatoms. The third kappa shape index (κ3) is 4.37. The molecular weight excluding hydrogens is 333 g/mol. The highest BCUT2D eigenvalue weighted by molar-refractivity contribution is 6.43. The van der Waals surface area contributed by atoms with Gasteiger partial charge < -0.3 is 10.1 Å². The normalized spacial score (nSPS) is 10.5. The Balaban J connectivity index is 2.14. The van der Waals surface area contributed by atoms with E-state index in [4.69, 9.17) is 39.5 Å². The fraction of sp³-hybridized carbons (Fsp3) is 0.286. The number of anilines is 1. The topological polar surface area (TPSA) is 47.0 Å². The van der Waals surface area contributed by atoms with Crippen molar-refractivity contribution >= 4 is 40.6 Å². The molecule has 0 aliphatic heterocycles. The lowest BCUT2D eigenvalue weighted by Gasteiger charge is -2.10. The Hall–Kier alpha value is -1.23. The van der Waals surface area contributed by atoms with Crippen LogP contribution in [-0.4, -0.2) is 16.5 Å². The van der Waals surface area contributed by atoms with Gasteiger partial charge in [0.1, 0.15) is 18.2 Å². The van der Waals surface area contributed by atoms with E-state index >= 15 is 0 Å². The number of rotatable bonds is 5. The van der Waals surface area contributed by atoms with Crippen LogP contribution >= 0.6 is 34.8 Å². The molecule has 1 aromatic carbocycles. The molecule has 2 aromatic rings. The van der Waals surface area contributed by atoms with E-state index < -0.39 is 0 Å². The lowest BCUT2D eigenvalue weighted by atomic mass is 10.3. The predicted molar refractivity (Wildman–Crippen MR) is 86.7 cm³/mol. The van der Waals surface area contributed by atoms with Gasteiger partial charge in [0.15, 0.2) is 5.82 Å². The molecule has 0 bridgehead atoms. The maximum Gasteiger partial charge on any atom is 0.168 e. The number of nitrogens with zero attached hydrogens (tertiary/aromatic N) is 2. The second-order valence-corrected chi connectivity index (χ2v) is 5.55. The maximum absolute atomic E-state index is 6.06. The number of aromatic nitrogens is 2. The first kappa shape index (κ1) is 16.1. The highest BCUT2D eigenvalue weighted by Gasteiger charge is 2.09. The molecule has 0 saturated heterocycles. The minimum atomic E-state index is 0.192. The van der Waals surface area contributed by atoms with Crippen LogP contribution in [0.15, 0.2) is 18.2 Å². The van der Waals surface area contributed by atoms with E-state index in [-0.39, 0.29) is 6.61 Å². The van der Waals surface area contributed by atoms with Crippen molar-refractivity contribution in [1.29, 1.82) is 0 Å². The van der Waals surface area contributed by atoms with Gasteiger partial charge in [0.2, 0.25) is 0 Å². The Morgan fingerprint density at radius 2 is 1.76 bits per heavy atom. The minimum absolute atomic E-state index is 0.192. The van der Waals surface area contributed by atoms with Gasteiger partial charge in [0.25, 0.3) is 0 Å². The lowest BCUT2D eigenvalue weighted by Crippen LogP contribution is -2.07. The zero-order chi connectivity index (χ0) is 15.4. The predicted octanol–water partition coefficient (Wildman–Crippen LogP) is 4.76. The lowest BCUT2D eigenvalue weighted by molar-refractivity contribution is 0.296. The highest BCUT2D eigenvalue weighted by atomic mass is 35.5. The Labute approximate surface area is 138 Å². The van der Waals surface area contributed by atoms with Gasteiger partial charge in [0.05, 0.1) is 15.1 Å². The third-order valence-corrected chi connectivity index (χ3v) is 3.61. The Morgan fingerprint density at radius 3 is 2.48 bits per heavy atom. The quantitative estimate of drug-likeness (QED) is 0.793. The van der Waals surface area contributed by atoms with Crippen molar-refractivity contribution in [3.63, 3.8) is 0 Å². The molecule has 0 unspecified atom stereocenters. The van der Waals surface area contributed by atoms with Crippen LogP contribution in [0.25, 0.3) is 0 Å². The third-order valence-electron chi connectivity index (χ3n) is 2.59. The van der Waals surface area contributed by atoms with Crippen molar-refractivity contribution in [3.05, 3.63) is 44.8 Å². The van der Waals surface area contributed by atoms with Crippen molar-refractivity contribution in [2.75, 3.05) is 11.9 Å². The van der Waals surface area contributed by atoms with Gasteiger partial charge in [-0.2, -0.15) is 0 Å². The van der Waals surface area contributed by atoms with Crippen LogP contribution in [0.1, 0.15) is 18.4 Å². The van der Waals surface area contributed by atoms with Crippen molar-refractivity contribution < 1.29 is 4.74 Å². The van der Waals surface area contributed by atoms with E-state index in [2.05, 4.69) is 15.3 Å². The van der Waals surface area contributed by atoms with Gasteiger partial charge in [-0.1, -0.05) is 34.8 Å². The van der Waals surface area contributed by atoms with Crippen LogP contribution in [0.5, 0.6) is 5.75 Å². The fourth-order valence-electron chi connectivity index (χ4n) is 1.72. The number of benzene rings is 1. The summed E-state index contributed by atoms with van der Waals surface area (Å²) in [7, 11) is 0. The van der Waals surface area contributed by atoms with Gasteiger partial charge in [-0.15, -0.1) is 0 Å². The first-order valence-electron chi connectivity index (χ1n) is 6.35. The van der Waals surface area contributed by atoms with Crippen molar-refractivity contribution in [1.82, 2.24) is 9.97 Å². The average molecular weight is 347 g/mol. The summed E-state index contributed by atoms with van der Waals surface area (Å²) in [6.45, 7) is 4.88. The Bertz CT molecular complexity index is 650. The molecule has 1 heterocycles. The monoisotopic (exact) mass is 345 g/mol. The smallest absolute Gasteiger partial charge is 0.168 e. The molecule has 0 amide bonds. The van der Waals surface area contributed by atoms with Gasteiger partial charge >= 0.3 is 0 Å². The van der Waals surface area contributed by atoms with Crippen molar-refractivity contribution in [3.8, 4) is 5.75 Å². The van der Waals surface area contributed by atoms with Gasteiger partial charge in [-0.3, -0.25) is 0 Å². The van der Waals surface area contributed by atoms with Gasteiger partial charge in [0, 0.05) is 24.4 Å². The highest BCUT2D eigenvalue weighted by Crippen LogP contribution is 2.34. The molecular formula is C14H14Cl3N3O. The zero-order valence-electron chi connectivity index (χ0n) is 11.6. The molecule has 4 nitrogen and oxygen atoms in total. The molecule has 1 N–H and O–H groups in total. The second kappa shape index (κ2) is 7.16. The molecule has 0 aliphatic carbocycles. The number of nitrogens with one attached hydrogen (secondary N) is 1. The van der Waals surface area contributed by atoms with E-state index in [1.54, 1.807) is 12.1 Å². The van der Waals surface area contributed by atoms with Crippen LogP contribution in [-0.2, 0) is 6.61 Å². The molecule has 0 atom stereocenters. The van der Waals surface area contributed by atoms with Crippen LogP contribution in [0.4, 0.5) is 5.82 Å². The average Bonchev–Trinajstić information content (AvgIpc) is 2.41. The molecule has 0 fully saturated rings. The fourth-order valence-corrected chi connectivity index (χ4v) is 2.31. The molecule has 112 valence electrons. The van der Waals surface area contributed by atoms with Crippen LogP contribution in [0.2, 0.25) is 15.1 Å². The van der Waals surface area contributed by atoms with E-state index in [0.717, 1.165) is 18.1 Å². The van der Waals surface area contributed by atoms with E-state index in [9.17, 15) is 0 Å². The summed E-state index contributed by atoms with van der Waals surface area (Å²) in [6.07, 6.45) is 0. The van der Waals surface area contributed by atoms with Crippen LogP contribution < -0.4 is 10.1 Å². The van der Waals surface area contributed by atoms with Crippen LogP contribution in [0, 0.1) is 6.92 Å². The summed E-state index contributed by atoms with van der Waals surface area (Å²) >= 11 is 17.9. The summed E-state index contributed by atoms with van der Waals surface area (Å²) in [6, 6.07) is 4.99. The number of halogens is 3. The standard InChI is InChI=1S/C14H14Cl3N3O/c1-3-18-13-4-8(2)19-14(20-13)7-21-12-6-10(16)9(15)5-11(12)17/h4-6H,3,7H2,1-2H3,(H,18,19,20). The van der Waals surface area contributed by atoms with E-state index in [1.807, 2.05) is 19.9 Å². The van der Waals surface area contributed by atoms with Crippen molar-refractivity contribution in [2.24, 2.45) is 0 Å². The van der Waals surface area contributed by atoms with Crippen molar-refractivity contribution in [2.45, 2.75) is 20.5 Å². The molecule has 1 aromatic heterocycles. The number of aryl methyl sites for hydroxylation is 1. The van der Waals surface area contributed by atoms with Gasteiger partial charge in [-0.25, -0.2) is 9.97 Å². The summed E-state index contributed by atoms with van der Waals surface area (Å²) in [4.78, 5) is 8.68. The first-order valence-corrected chi connectivity index (χ1v) is 7.48. The number of hydrogen-bond donors (Lipinski definition) is 1. The summed E-state index contributed by atoms with van der Waals surface area (Å²) in [5.74, 6) is 1.78. The molecule has 0 aliphatic rings. The molecule has 21 heavy (non-hydrogen) atoms. The van der Waals surface area contributed by atoms with Crippen LogP contribution in [0.3, 0.4) is 0 Å². The minimum Gasteiger partial charge on any atom is -0.484 e. The molecule has 0 saturated carbocycles. The number of ether oxygens (including phenoxy) is 1. The zero-order valence-corrected chi connectivity index (χ0v) is 13.9. The maximum atomic E-state index is 6.06. The molecule has 0 spiro atoms. The summed E-state index contributed by atoms with van der Waals surface area (Å²) < 4.78 is 5.62. The SMILES string of the molecule is CCNc1cc(C)nc(COc2cc(Cl)c(Cl)cc2Cl)n1. The largest absolute Gasteiger partial charge is 0.484 e. The Morgan fingerprint density at radius 1 is 1.05 bits per heavy atom. The van der Waals surface area contributed by atoms with E-state index in [0.29, 0.717) is 26.6 Å². The summed E-state index contributed by atoms with van der Waals surface area (Å²) in [5.41, 5.74) is 0.861. The number of hydrogen-bond acceptors (Lipinski definition) is 4. The van der Waals surface area contributed by atoms with E-state index in [1.165, 1.54) is 0 Å². The Kier molecular flexibility index (Phi) is 5.51. The molecule has 2 rings (SSSR count). The molecule has 0 radical (unpaired) electrons. The first-order chi connectivity index (χ1) is 9.99.